The molecule has 1 fully saturated rings. The van der Waals surface area contributed by atoms with Crippen LogP contribution >= 0.6 is 15.9 Å². The van der Waals surface area contributed by atoms with Crippen molar-refractivity contribution in [3.63, 3.8) is 0 Å². The summed E-state index contributed by atoms with van der Waals surface area (Å²) in [7, 11) is 0. The van der Waals surface area contributed by atoms with Crippen LogP contribution in [0.15, 0.2) is 22.7 Å². The van der Waals surface area contributed by atoms with Crippen LogP contribution in [0.25, 0.3) is 0 Å². The molecule has 0 bridgehead atoms. The summed E-state index contributed by atoms with van der Waals surface area (Å²) in [5, 5.41) is 3.33. The molecule has 1 aliphatic carbocycles. The fourth-order valence-corrected chi connectivity index (χ4v) is 2.47. The summed E-state index contributed by atoms with van der Waals surface area (Å²) in [6.45, 7) is 2.57. The summed E-state index contributed by atoms with van der Waals surface area (Å²) in [5.74, 6) is 0. The summed E-state index contributed by atoms with van der Waals surface area (Å²) in [6, 6.07) is 3.76. The van der Waals surface area contributed by atoms with Crippen molar-refractivity contribution >= 4 is 15.9 Å². The smallest absolute Gasteiger partial charge is 0.307 e. The van der Waals surface area contributed by atoms with Gasteiger partial charge in [0, 0.05) is 16.6 Å². The van der Waals surface area contributed by atoms with Crippen molar-refractivity contribution in [1.82, 2.24) is 5.32 Å². The van der Waals surface area contributed by atoms with E-state index >= 15 is 0 Å². The maximum atomic E-state index is 12.6. The highest BCUT2D eigenvalue weighted by Crippen LogP contribution is 2.34. The van der Waals surface area contributed by atoms with Crippen LogP contribution in [-0.2, 0) is 12.7 Å². The molecule has 0 unspecified atom stereocenters. The molecule has 1 aliphatic rings. The van der Waals surface area contributed by atoms with E-state index in [0.29, 0.717) is 16.6 Å². The van der Waals surface area contributed by atoms with Crippen LogP contribution in [0.4, 0.5) is 13.2 Å². The largest absolute Gasteiger partial charge is 0.416 e. The Morgan fingerprint density at radius 3 is 2.50 bits per heavy atom. The molecule has 0 aliphatic heterocycles. The van der Waals surface area contributed by atoms with E-state index < -0.39 is 11.7 Å². The van der Waals surface area contributed by atoms with Crippen molar-refractivity contribution in [2.45, 2.75) is 44.4 Å². The van der Waals surface area contributed by atoms with Gasteiger partial charge in [-0.1, -0.05) is 15.9 Å². The first-order valence-corrected chi connectivity index (χ1v) is 6.70. The van der Waals surface area contributed by atoms with Crippen molar-refractivity contribution in [2.24, 2.45) is 0 Å². The van der Waals surface area contributed by atoms with Crippen LogP contribution in [0.2, 0.25) is 0 Å². The number of hydrogen-bond acceptors (Lipinski definition) is 1. The Bertz CT molecular complexity index is 438. The Labute approximate surface area is 113 Å². The van der Waals surface area contributed by atoms with Gasteiger partial charge in [-0.3, -0.25) is 0 Å². The molecule has 1 aromatic carbocycles. The molecule has 1 saturated carbocycles. The van der Waals surface area contributed by atoms with Gasteiger partial charge in [-0.15, -0.1) is 0 Å². The molecule has 0 atom stereocenters. The third-order valence-electron chi connectivity index (χ3n) is 3.54. The lowest BCUT2D eigenvalue weighted by atomic mass is 9.78. The molecule has 0 radical (unpaired) electrons. The van der Waals surface area contributed by atoms with Gasteiger partial charge in [0.2, 0.25) is 0 Å². The first-order valence-electron chi connectivity index (χ1n) is 5.91. The first-order chi connectivity index (χ1) is 8.30. The number of rotatable bonds is 3. The van der Waals surface area contributed by atoms with Crippen molar-refractivity contribution in [3.05, 3.63) is 33.8 Å². The van der Waals surface area contributed by atoms with Gasteiger partial charge in [-0.25, -0.2) is 0 Å². The number of benzene rings is 1. The predicted octanol–water partition coefficient (Wildman–Crippen LogP) is 4.50. The molecule has 0 aromatic heterocycles. The summed E-state index contributed by atoms with van der Waals surface area (Å²) >= 11 is 3.30. The molecule has 1 N–H and O–H groups in total. The highest BCUT2D eigenvalue weighted by atomic mass is 79.9. The van der Waals surface area contributed by atoms with E-state index in [1.54, 1.807) is 0 Å². The molecule has 1 aromatic rings. The Balaban J connectivity index is 2.11. The summed E-state index contributed by atoms with van der Waals surface area (Å²) in [4.78, 5) is 0. The van der Waals surface area contributed by atoms with Gasteiger partial charge in [0.25, 0.3) is 0 Å². The lowest BCUT2D eigenvalue weighted by Crippen LogP contribution is -2.47. The third kappa shape index (κ3) is 3.06. The Morgan fingerprint density at radius 1 is 1.33 bits per heavy atom. The first kappa shape index (κ1) is 13.9. The minimum atomic E-state index is -4.28. The van der Waals surface area contributed by atoms with Gasteiger partial charge in [-0.2, -0.15) is 13.2 Å². The van der Waals surface area contributed by atoms with E-state index in [0.717, 1.165) is 18.9 Å². The maximum absolute atomic E-state index is 12.6. The average molecular weight is 322 g/mol. The zero-order valence-corrected chi connectivity index (χ0v) is 11.7. The van der Waals surface area contributed by atoms with Gasteiger partial charge in [0.05, 0.1) is 5.56 Å². The highest BCUT2D eigenvalue weighted by molar-refractivity contribution is 9.10. The Kier molecular flexibility index (Phi) is 3.74. The maximum Gasteiger partial charge on any atom is 0.416 e. The minimum absolute atomic E-state index is 0.0909. The van der Waals surface area contributed by atoms with E-state index in [-0.39, 0.29) is 5.54 Å². The average Bonchev–Trinajstić information content (AvgIpc) is 2.24. The molecular weight excluding hydrogens is 307 g/mol. The summed E-state index contributed by atoms with van der Waals surface area (Å²) in [5.41, 5.74) is 0.146. The molecule has 0 heterocycles. The summed E-state index contributed by atoms with van der Waals surface area (Å²) in [6.07, 6.45) is -0.920. The van der Waals surface area contributed by atoms with Crippen LogP contribution in [0, 0.1) is 0 Å². The van der Waals surface area contributed by atoms with Gasteiger partial charge in [0.1, 0.15) is 0 Å². The lowest BCUT2D eigenvalue weighted by Gasteiger charge is -2.39. The molecule has 0 saturated heterocycles. The molecule has 1 nitrogen and oxygen atoms in total. The van der Waals surface area contributed by atoms with Gasteiger partial charge in [0.15, 0.2) is 0 Å². The number of nitrogens with one attached hydrogen (secondary N) is 1. The quantitative estimate of drug-likeness (QED) is 0.864. The summed E-state index contributed by atoms with van der Waals surface area (Å²) < 4.78 is 38.6. The monoisotopic (exact) mass is 321 g/mol. The Morgan fingerprint density at radius 2 is 2.00 bits per heavy atom. The van der Waals surface area contributed by atoms with E-state index in [1.165, 1.54) is 18.6 Å². The normalized spacial score (nSPS) is 18.5. The topological polar surface area (TPSA) is 12.0 Å². The van der Waals surface area contributed by atoms with Crippen LogP contribution in [0.5, 0.6) is 0 Å². The molecule has 0 spiro atoms. The van der Waals surface area contributed by atoms with Crippen LogP contribution < -0.4 is 5.32 Å². The zero-order valence-electron chi connectivity index (χ0n) is 10.1. The SMILES string of the molecule is CC1(NCc2cc(C(F)(F)F)ccc2Br)CCC1. The minimum Gasteiger partial charge on any atom is -0.307 e. The van der Waals surface area contributed by atoms with Crippen molar-refractivity contribution < 1.29 is 13.2 Å². The second-order valence-electron chi connectivity index (χ2n) is 5.07. The molecule has 5 heteroatoms. The van der Waals surface area contributed by atoms with Gasteiger partial charge in [-0.05, 0) is 49.9 Å². The molecule has 100 valence electrons. The van der Waals surface area contributed by atoms with E-state index in [2.05, 4.69) is 28.2 Å². The van der Waals surface area contributed by atoms with Gasteiger partial charge >= 0.3 is 6.18 Å². The highest BCUT2D eigenvalue weighted by Gasteiger charge is 2.32. The third-order valence-corrected chi connectivity index (χ3v) is 4.31. The lowest BCUT2D eigenvalue weighted by molar-refractivity contribution is -0.137. The van der Waals surface area contributed by atoms with Crippen molar-refractivity contribution in [1.29, 1.82) is 0 Å². The second kappa shape index (κ2) is 4.85. The molecule has 18 heavy (non-hydrogen) atoms. The van der Waals surface area contributed by atoms with E-state index in [1.807, 2.05) is 0 Å². The number of alkyl halides is 3. The number of hydrogen-bond donors (Lipinski definition) is 1. The standard InChI is InChI=1S/C13H15BrF3N/c1-12(5-2-6-12)18-8-9-7-10(13(15,16)17)3-4-11(9)14/h3-4,7,18H,2,5-6,8H2,1H3. The van der Waals surface area contributed by atoms with Crippen molar-refractivity contribution in [2.75, 3.05) is 0 Å². The zero-order chi connectivity index (χ0) is 13.4. The number of halogens is 4. The Hall–Kier alpha value is -0.550. The van der Waals surface area contributed by atoms with E-state index in [4.69, 9.17) is 0 Å². The molecule has 0 amide bonds. The second-order valence-corrected chi connectivity index (χ2v) is 5.93. The predicted molar refractivity (Wildman–Crippen MR) is 68.2 cm³/mol. The van der Waals surface area contributed by atoms with Gasteiger partial charge < -0.3 is 5.32 Å². The van der Waals surface area contributed by atoms with E-state index in [9.17, 15) is 13.2 Å². The fourth-order valence-electron chi connectivity index (χ4n) is 2.08. The molecule has 2 rings (SSSR count). The fraction of sp³-hybridized carbons (Fsp3) is 0.538. The molecular formula is C13H15BrF3N. The van der Waals surface area contributed by atoms with Crippen molar-refractivity contribution in [3.8, 4) is 0 Å². The van der Waals surface area contributed by atoms with Crippen LogP contribution in [0.1, 0.15) is 37.3 Å². The van der Waals surface area contributed by atoms with Crippen LogP contribution in [0.3, 0.4) is 0 Å². The van der Waals surface area contributed by atoms with Crippen LogP contribution in [-0.4, -0.2) is 5.54 Å².